The number of hydrogen-bond donors (Lipinski definition) is 1. The molecule has 1 aromatic heterocycles. The van der Waals surface area contributed by atoms with Gasteiger partial charge in [-0.15, -0.1) is 0 Å². The van der Waals surface area contributed by atoms with Crippen LogP contribution < -0.4 is 14.8 Å². The highest BCUT2D eigenvalue weighted by Crippen LogP contribution is 2.33. The minimum atomic E-state index is -0.195. The molecule has 2 aromatic rings. The smallest absolute Gasteiger partial charge is 0.276 e. The highest BCUT2D eigenvalue weighted by Gasteiger charge is 2.25. The molecule has 7 heteroatoms. The lowest BCUT2D eigenvalue weighted by Crippen LogP contribution is -2.32. The van der Waals surface area contributed by atoms with Crippen molar-refractivity contribution in [2.24, 2.45) is 0 Å². The van der Waals surface area contributed by atoms with E-state index < -0.39 is 0 Å². The molecule has 0 spiro atoms. The second-order valence-electron chi connectivity index (χ2n) is 7.31. The first kappa shape index (κ1) is 17.9. The van der Waals surface area contributed by atoms with Crippen molar-refractivity contribution in [1.82, 2.24) is 14.5 Å². The van der Waals surface area contributed by atoms with Crippen LogP contribution in [0.4, 0.5) is 5.69 Å². The van der Waals surface area contributed by atoms with Gasteiger partial charge in [0.25, 0.3) is 5.91 Å². The number of carbonyl (C=O) groups excluding carboxylic acids is 1. The van der Waals surface area contributed by atoms with Crippen molar-refractivity contribution in [2.75, 3.05) is 38.7 Å². The van der Waals surface area contributed by atoms with E-state index in [1.165, 1.54) is 0 Å². The normalized spacial score (nSPS) is 17.7. The van der Waals surface area contributed by atoms with Crippen LogP contribution >= 0.6 is 0 Å². The number of fused-ring (bicyclic) bond motifs is 1. The summed E-state index contributed by atoms with van der Waals surface area (Å²) in [6.07, 6.45) is 2.16. The maximum absolute atomic E-state index is 12.8. The number of carbonyl (C=O) groups is 1. The zero-order valence-corrected chi connectivity index (χ0v) is 16.1. The fourth-order valence-electron chi connectivity index (χ4n) is 3.97. The van der Waals surface area contributed by atoms with Crippen molar-refractivity contribution in [3.05, 3.63) is 35.4 Å². The quantitative estimate of drug-likeness (QED) is 0.900. The van der Waals surface area contributed by atoms with E-state index in [0.29, 0.717) is 42.1 Å². The molecule has 1 fully saturated rings. The standard InChI is InChI=1S/C20H26N4O3/c1-13-19(21-14(2)24(13)16-6-8-23(3)9-7-16)20(25)22-15-4-5-17-18(12-15)27-11-10-26-17/h4-5,12,16H,6-11H2,1-3H3,(H,22,25). The molecule has 0 aliphatic carbocycles. The highest BCUT2D eigenvalue weighted by atomic mass is 16.6. The van der Waals surface area contributed by atoms with Gasteiger partial charge in [-0.1, -0.05) is 0 Å². The van der Waals surface area contributed by atoms with E-state index in [-0.39, 0.29) is 5.91 Å². The Hall–Kier alpha value is -2.54. The Morgan fingerprint density at radius 3 is 2.59 bits per heavy atom. The first-order valence-electron chi connectivity index (χ1n) is 9.48. The lowest BCUT2D eigenvalue weighted by Gasteiger charge is -2.31. The van der Waals surface area contributed by atoms with Gasteiger partial charge in [-0.3, -0.25) is 4.79 Å². The van der Waals surface area contributed by atoms with Crippen LogP contribution in [0.15, 0.2) is 18.2 Å². The van der Waals surface area contributed by atoms with Crippen molar-refractivity contribution < 1.29 is 14.3 Å². The average molecular weight is 370 g/mol. The Morgan fingerprint density at radius 1 is 1.15 bits per heavy atom. The molecule has 3 heterocycles. The van der Waals surface area contributed by atoms with E-state index in [0.717, 1.165) is 37.4 Å². The number of rotatable bonds is 3. The van der Waals surface area contributed by atoms with Crippen molar-refractivity contribution in [3.63, 3.8) is 0 Å². The monoisotopic (exact) mass is 370 g/mol. The van der Waals surface area contributed by atoms with Crippen molar-refractivity contribution in [2.45, 2.75) is 32.7 Å². The SMILES string of the molecule is Cc1nc(C(=O)Nc2ccc3c(c2)OCCO3)c(C)n1C1CCN(C)CC1. The maximum Gasteiger partial charge on any atom is 0.276 e. The van der Waals surface area contributed by atoms with Crippen LogP contribution in [-0.4, -0.2) is 53.7 Å². The topological polar surface area (TPSA) is 68.6 Å². The van der Waals surface area contributed by atoms with Crippen LogP contribution in [-0.2, 0) is 0 Å². The number of aromatic nitrogens is 2. The van der Waals surface area contributed by atoms with Gasteiger partial charge in [0, 0.05) is 23.5 Å². The molecule has 0 bridgehead atoms. The van der Waals surface area contributed by atoms with Gasteiger partial charge in [0.15, 0.2) is 11.5 Å². The second kappa shape index (κ2) is 7.23. The Bertz CT molecular complexity index is 853. The molecule has 1 aromatic carbocycles. The lowest BCUT2D eigenvalue weighted by atomic mass is 10.0. The number of anilines is 1. The zero-order chi connectivity index (χ0) is 19.0. The summed E-state index contributed by atoms with van der Waals surface area (Å²) in [5.74, 6) is 2.06. The maximum atomic E-state index is 12.8. The summed E-state index contributed by atoms with van der Waals surface area (Å²) in [7, 11) is 2.15. The predicted octanol–water partition coefficient (Wildman–Crippen LogP) is 2.79. The number of amides is 1. The summed E-state index contributed by atoms with van der Waals surface area (Å²) in [5.41, 5.74) is 2.09. The molecule has 1 saturated heterocycles. The number of aryl methyl sites for hydroxylation is 1. The molecular formula is C20H26N4O3. The molecule has 4 rings (SSSR count). The summed E-state index contributed by atoms with van der Waals surface area (Å²) >= 11 is 0. The first-order valence-corrected chi connectivity index (χ1v) is 9.48. The predicted molar refractivity (Wildman–Crippen MR) is 103 cm³/mol. The minimum Gasteiger partial charge on any atom is -0.486 e. The number of piperidine rings is 1. The van der Waals surface area contributed by atoms with Gasteiger partial charge in [0.1, 0.15) is 24.7 Å². The minimum absolute atomic E-state index is 0.195. The summed E-state index contributed by atoms with van der Waals surface area (Å²) in [6.45, 7) is 7.17. The molecule has 144 valence electrons. The zero-order valence-electron chi connectivity index (χ0n) is 16.1. The first-order chi connectivity index (χ1) is 13.0. The van der Waals surface area contributed by atoms with Crippen LogP contribution in [0, 0.1) is 13.8 Å². The summed E-state index contributed by atoms with van der Waals surface area (Å²) in [6, 6.07) is 5.84. The van der Waals surface area contributed by atoms with E-state index in [9.17, 15) is 4.79 Å². The molecule has 0 radical (unpaired) electrons. The van der Waals surface area contributed by atoms with Gasteiger partial charge in [0.2, 0.25) is 0 Å². The molecule has 0 unspecified atom stereocenters. The van der Waals surface area contributed by atoms with Crippen molar-refractivity contribution >= 4 is 11.6 Å². The summed E-state index contributed by atoms with van der Waals surface area (Å²) in [5, 5.41) is 2.94. The average Bonchev–Trinajstić information content (AvgIpc) is 2.97. The van der Waals surface area contributed by atoms with Gasteiger partial charge < -0.3 is 24.3 Å². The third-order valence-electron chi connectivity index (χ3n) is 5.39. The van der Waals surface area contributed by atoms with Crippen LogP contribution in [0.5, 0.6) is 11.5 Å². The Balaban J connectivity index is 1.53. The fourth-order valence-corrected chi connectivity index (χ4v) is 3.97. The van der Waals surface area contributed by atoms with E-state index in [1.807, 2.05) is 26.0 Å². The fraction of sp³-hybridized carbons (Fsp3) is 0.500. The summed E-state index contributed by atoms with van der Waals surface area (Å²) < 4.78 is 13.3. The lowest BCUT2D eigenvalue weighted by molar-refractivity contribution is 0.102. The molecule has 0 saturated carbocycles. The Labute approximate surface area is 159 Å². The Kier molecular flexibility index (Phi) is 4.78. The van der Waals surface area contributed by atoms with Crippen LogP contribution in [0.2, 0.25) is 0 Å². The van der Waals surface area contributed by atoms with Crippen LogP contribution in [0.1, 0.15) is 40.9 Å². The molecule has 1 amide bonds. The van der Waals surface area contributed by atoms with Gasteiger partial charge in [0.05, 0.1) is 0 Å². The molecule has 2 aliphatic rings. The third-order valence-corrected chi connectivity index (χ3v) is 5.39. The number of ether oxygens (including phenoxy) is 2. The molecule has 1 N–H and O–H groups in total. The molecule has 2 aliphatic heterocycles. The molecule has 0 atom stereocenters. The number of hydrogen-bond acceptors (Lipinski definition) is 5. The highest BCUT2D eigenvalue weighted by molar-refractivity contribution is 6.03. The number of benzene rings is 1. The van der Waals surface area contributed by atoms with Crippen molar-refractivity contribution in [3.8, 4) is 11.5 Å². The largest absolute Gasteiger partial charge is 0.486 e. The number of nitrogens with one attached hydrogen (secondary N) is 1. The van der Waals surface area contributed by atoms with Crippen LogP contribution in [0.25, 0.3) is 0 Å². The van der Waals surface area contributed by atoms with Gasteiger partial charge in [-0.05, 0) is 59.0 Å². The van der Waals surface area contributed by atoms with Gasteiger partial charge >= 0.3 is 0 Å². The Morgan fingerprint density at radius 2 is 1.85 bits per heavy atom. The third kappa shape index (κ3) is 3.51. The van der Waals surface area contributed by atoms with E-state index in [2.05, 4.69) is 26.8 Å². The summed E-state index contributed by atoms with van der Waals surface area (Å²) in [4.78, 5) is 19.7. The molecule has 27 heavy (non-hydrogen) atoms. The van der Waals surface area contributed by atoms with Crippen LogP contribution in [0.3, 0.4) is 0 Å². The van der Waals surface area contributed by atoms with E-state index in [4.69, 9.17) is 9.47 Å². The number of nitrogens with zero attached hydrogens (tertiary/aromatic N) is 3. The van der Waals surface area contributed by atoms with Crippen molar-refractivity contribution in [1.29, 1.82) is 0 Å². The number of likely N-dealkylation sites (tertiary alicyclic amines) is 1. The van der Waals surface area contributed by atoms with E-state index in [1.54, 1.807) is 6.07 Å². The van der Waals surface area contributed by atoms with Gasteiger partial charge in [-0.25, -0.2) is 4.98 Å². The van der Waals surface area contributed by atoms with E-state index >= 15 is 0 Å². The molecule has 7 nitrogen and oxygen atoms in total. The molecular weight excluding hydrogens is 344 g/mol. The second-order valence-corrected chi connectivity index (χ2v) is 7.31. The van der Waals surface area contributed by atoms with Gasteiger partial charge in [-0.2, -0.15) is 0 Å². The number of imidazole rings is 1.